The molecule has 0 unspecified atom stereocenters. The van der Waals surface area contributed by atoms with Gasteiger partial charge in [-0.2, -0.15) is 5.10 Å². The molecule has 20 heavy (non-hydrogen) atoms. The molecule has 0 fully saturated rings. The molecule has 0 bridgehead atoms. The highest BCUT2D eigenvalue weighted by molar-refractivity contribution is 5.71. The molecule has 0 radical (unpaired) electrons. The van der Waals surface area contributed by atoms with Gasteiger partial charge in [0.25, 0.3) is 0 Å². The lowest BCUT2D eigenvalue weighted by Crippen LogP contribution is -2.06. The van der Waals surface area contributed by atoms with Crippen molar-refractivity contribution in [1.82, 2.24) is 19.2 Å². The minimum absolute atomic E-state index is 0.0163. The number of nitrogens with zero attached hydrogens (tertiary/aromatic N) is 4. The lowest BCUT2D eigenvalue weighted by atomic mass is 10.1. The number of hydrogen-bond acceptors (Lipinski definition) is 3. The molecule has 0 aliphatic carbocycles. The molecule has 0 spiro atoms. The van der Waals surface area contributed by atoms with Gasteiger partial charge in [0.2, 0.25) is 0 Å². The number of pyridine rings is 1. The zero-order valence-electron chi connectivity index (χ0n) is 11.2. The van der Waals surface area contributed by atoms with Crippen LogP contribution < -0.4 is 0 Å². The average molecular weight is 270 g/mol. The Labute approximate surface area is 115 Å². The molecule has 6 heteroatoms. The molecule has 0 aliphatic rings. The molecule has 0 saturated heterocycles. The van der Waals surface area contributed by atoms with E-state index < -0.39 is 5.97 Å². The summed E-state index contributed by atoms with van der Waals surface area (Å²) >= 11 is 0. The predicted molar refractivity (Wildman–Crippen MR) is 73.1 cm³/mol. The molecule has 102 valence electrons. The monoisotopic (exact) mass is 270 g/mol. The molecule has 0 saturated carbocycles. The summed E-state index contributed by atoms with van der Waals surface area (Å²) in [6.45, 7) is 3.71. The maximum Gasteiger partial charge on any atom is 0.307 e. The van der Waals surface area contributed by atoms with E-state index in [-0.39, 0.29) is 6.42 Å². The van der Waals surface area contributed by atoms with Gasteiger partial charge in [0, 0.05) is 23.7 Å². The lowest BCUT2D eigenvalue weighted by molar-refractivity contribution is -0.136. The van der Waals surface area contributed by atoms with Crippen molar-refractivity contribution in [3.05, 3.63) is 47.5 Å². The Morgan fingerprint density at radius 2 is 2.15 bits per heavy atom. The van der Waals surface area contributed by atoms with E-state index in [0.717, 1.165) is 28.4 Å². The second kappa shape index (κ2) is 4.48. The Bertz CT molecular complexity index is 801. The van der Waals surface area contributed by atoms with Crippen LogP contribution in [0.25, 0.3) is 11.5 Å². The number of rotatable bonds is 3. The van der Waals surface area contributed by atoms with Crippen molar-refractivity contribution in [2.24, 2.45) is 0 Å². The van der Waals surface area contributed by atoms with Gasteiger partial charge in [0.1, 0.15) is 11.5 Å². The van der Waals surface area contributed by atoms with Crippen LogP contribution in [0.2, 0.25) is 0 Å². The van der Waals surface area contributed by atoms with Crippen molar-refractivity contribution < 1.29 is 9.90 Å². The summed E-state index contributed by atoms with van der Waals surface area (Å²) in [7, 11) is 0. The molecule has 0 aliphatic heterocycles. The molecule has 3 heterocycles. The van der Waals surface area contributed by atoms with Gasteiger partial charge < -0.3 is 5.11 Å². The summed E-state index contributed by atoms with van der Waals surface area (Å²) in [5.74, 6) is -0.00571. The summed E-state index contributed by atoms with van der Waals surface area (Å²) in [6.07, 6.45) is 3.57. The van der Waals surface area contributed by atoms with E-state index in [9.17, 15) is 4.79 Å². The van der Waals surface area contributed by atoms with Gasteiger partial charge in [-0.3, -0.25) is 9.20 Å². The van der Waals surface area contributed by atoms with Crippen LogP contribution in [0.1, 0.15) is 17.0 Å². The smallest absolute Gasteiger partial charge is 0.307 e. The molecule has 3 aromatic heterocycles. The number of imidazole rings is 1. The number of carboxylic acids is 1. The fraction of sp³-hybridized carbons (Fsp3) is 0.214. The Morgan fingerprint density at radius 3 is 2.90 bits per heavy atom. The van der Waals surface area contributed by atoms with E-state index in [1.165, 1.54) is 0 Å². The lowest BCUT2D eigenvalue weighted by Gasteiger charge is -2.07. The Balaban J connectivity index is 2.20. The first-order chi connectivity index (χ1) is 9.58. The van der Waals surface area contributed by atoms with E-state index in [1.54, 1.807) is 10.9 Å². The normalized spacial score (nSPS) is 11.1. The first-order valence-corrected chi connectivity index (χ1v) is 6.27. The first-order valence-electron chi connectivity index (χ1n) is 6.27. The fourth-order valence-corrected chi connectivity index (χ4v) is 2.41. The third kappa shape index (κ3) is 1.85. The summed E-state index contributed by atoms with van der Waals surface area (Å²) in [5.41, 5.74) is 3.16. The van der Waals surface area contributed by atoms with Crippen molar-refractivity contribution in [3.63, 3.8) is 0 Å². The van der Waals surface area contributed by atoms with Crippen LogP contribution in [-0.2, 0) is 11.2 Å². The minimum Gasteiger partial charge on any atom is -0.481 e. The molecule has 0 atom stereocenters. The fourth-order valence-electron chi connectivity index (χ4n) is 2.41. The van der Waals surface area contributed by atoms with E-state index in [4.69, 9.17) is 5.11 Å². The second-order valence-corrected chi connectivity index (χ2v) is 4.67. The Kier molecular flexibility index (Phi) is 2.78. The highest BCUT2D eigenvalue weighted by atomic mass is 16.4. The third-order valence-corrected chi connectivity index (χ3v) is 3.39. The molecule has 3 aromatic rings. The maximum atomic E-state index is 10.9. The van der Waals surface area contributed by atoms with Gasteiger partial charge in [-0.25, -0.2) is 9.67 Å². The van der Waals surface area contributed by atoms with Crippen LogP contribution >= 0.6 is 0 Å². The Hall–Kier alpha value is -2.63. The van der Waals surface area contributed by atoms with Crippen molar-refractivity contribution in [1.29, 1.82) is 0 Å². The summed E-state index contributed by atoms with van der Waals surface area (Å²) < 4.78 is 3.69. The molecule has 3 rings (SSSR count). The van der Waals surface area contributed by atoms with Crippen molar-refractivity contribution in [2.45, 2.75) is 20.3 Å². The van der Waals surface area contributed by atoms with E-state index in [2.05, 4.69) is 10.1 Å². The number of carbonyl (C=O) groups is 1. The van der Waals surface area contributed by atoms with E-state index in [1.807, 2.05) is 42.6 Å². The van der Waals surface area contributed by atoms with Crippen LogP contribution in [0.15, 0.2) is 30.6 Å². The standard InChI is InChI=1S/C14H14N4O2/c1-9-11(8-14(19)20)10(2)18(16-9)13-5-3-4-12-15-6-7-17(12)13/h3-7H,8H2,1-2H3,(H,19,20). The number of aryl methyl sites for hydroxylation is 1. The maximum absolute atomic E-state index is 10.9. The molecular formula is C14H14N4O2. The SMILES string of the molecule is Cc1nn(-c2cccc3nccn23)c(C)c1CC(=O)O. The quantitative estimate of drug-likeness (QED) is 0.787. The second-order valence-electron chi connectivity index (χ2n) is 4.67. The molecule has 0 aromatic carbocycles. The van der Waals surface area contributed by atoms with E-state index >= 15 is 0 Å². The van der Waals surface area contributed by atoms with Gasteiger partial charge >= 0.3 is 5.97 Å². The largest absolute Gasteiger partial charge is 0.481 e. The van der Waals surface area contributed by atoms with Crippen LogP contribution in [-0.4, -0.2) is 30.2 Å². The van der Waals surface area contributed by atoms with Gasteiger partial charge in [0.05, 0.1) is 12.1 Å². The Morgan fingerprint density at radius 1 is 1.35 bits per heavy atom. The first kappa shape index (κ1) is 12.4. The number of aliphatic carboxylic acids is 1. The minimum atomic E-state index is -0.850. The summed E-state index contributed by atoms with van der Waals surface area (Å²) in [4.78, 5) is 15.2. The van der Waals surface area contributed by atoms with Crippen molar-refractivity contribution >= 4 is 11.6 Å². The van der Waals surface area contributed by atoms with Gasteiger partial charge in [-0.05, 0) is 26.0 Å². The van der Waals surface area contributed by atoms with Crippen molar-refractivity contribution in [3.8, 4) is 5.82 Å². The molecule has 1 N–H and O–H groups in total. The zero-order valence-corrected chi connectivity index (χ0v) is 11.2. The highest BCUT2D eigenvalue weighted by Crippen LogP contribution is 2.19. The van der Waals surface area contributed by atoms with Crippen molar-refractivity contribution in [2.75, 3.05) is 0 Å². The summed E-state index contributed by atoms with van der Waals surface area (Å²) in [5, 5.41) is 13.5. The van der Waals surface area contributed by atoms with E-state index in [0.29, 0.717) is 0 Å². The number of hydrogen-bond donors (Lipinski definition) is 1. The van der Waals surface area contributed by atoms with Crippen LogP contribution in [0.3, 0.4) is 0 Å². The zero-order chi connectivity index (χ0) is 14.3. The number of fused-ring (bicyclic) bond motifs is 1. The van der Waals surface area contributed by atoms with Gasteiger partial charge in [-0.1, -0.05) is 6.07 Å². The highest BCUT2D eigenvalue weighted by Gasteiger charge is 2.16. The molecule has 6 nitrogen and oxygen atoms in total. The van der Waals surface area contributed by atoms with Crippen LogP contribution in [0.4, 0.5) is 0 Å². The molecule has 0 amide bonds. The number of carboxylic acid groups (broad SMARTS) is 1. The predicted octanol–water partition coefficient (Wildman–Crippen LogP) is 1.76. The van der Waals surface area contributed by atoms with Crippen LogP contribution in [0.5, 0.6) is 0 Å². The van der Waals surface area contributed by atoms with Crippen LogP contribution in [0, 0.1) is 13.8 Å². The number of aromatic nitrogens is 4. The summed E-state index contributed by atoms with van der Waals surface area (Å²) in [6, 6.07) is 5.75. The van der Waals surface area contributed by atoms with Gasteiger partial charge in [0.15, 0.2) is 0 Å². The molecular weight excluding hydrogens is 256 g/mol. The average Bonchev–Trinajstić information content (AvgIpc) is 2.98. The third-order valence-electron chi connectivity index (χ3n) is 3.39. The topological polar surface area (TPSA) is 72.4 Å². The van der Waals surface area contributed by atoms with Gasteiger partial charge in [-0.15, -0.1) is 0 Å².